The topological polar surface area (TPSA) is 70.5 Å². The zero-order chi connectivity index (χ0) is 15.0. The predicted molar refractivity (Wildman–Crippen MR) is 77.8 cm³/mol. The van der Waals surface area contributed by atoms with Gasteiger partial charge in [0.15, 0.2) is 0 Å². The minimum atomic E-state index is -0.956. The molecule has 0 spiro atoms. The molecule has 5 heteroatoms. The van der Waals surface area contributed by atoms with Crippen LogP contribution in [0.1, 0.15) is 32.1 Å². The summed E-state index contributed by atoms with van der Waals surface area (Å²) in [7, 11) is 0. The molecule has 1 N–H and O–H groups in total. The number of amides is 1. The molecule has 0 aliphatic carbocycles. The molecule has 2 aromatic rings. The van der Waals surface area contributed by atoms with E-state index in [0.717, 1.165) is 16.9 Å². The van der Waals surface area contributed by atoms with Crippen molar-refractivity contribution in [3.05, 3.63) is 58.9 Å². The molecule has 0 unspecified atom stereocenters. The lowest BCUT2D eigenvalue weighted by Crippen LogP contribution is -2.29. The number of hydrogen-bond donors (Lipinski definition) is 1. The zero-order valence-corrected chi connectivity index (χ0v) is 11.5. The van der Waals surface area contributed by atoms with Crippen molar-refractivity contribution in [2.45, 2.75) is 13.3 Å². The average molecular weight is 282 g/mol. The van der Waals surface area contributed by atoms with Crippen molar-refractivity contribution in [3.8, 4) is 0 Å². The molecular formula is C16H14N2O3. The number of benzene rings is 1. The Morgan fingerprint density at radius 3 is 2.76 bits per heavy atom. The summed E-state index contributed by atoms with van der Waals surface area (Å²) in [6.45, 7) is 2.39. The molecule has 21 heavy (non-hydrogen) atoms. The first kappa shape index (κ1) is 13.3. The van der Waals surface area contributed by atoms with Crippen molar-refractivity contribution < 1.29 is 14.7 Å². The first-order valence-corrected chi connectivity index (χ1v) is 6.68. The fourth-order valence-electron chi connectivity index (χ4n) is 2.55. The summed E-state index contributed by atoms with van der Waals surface area (Å²) < 4.78 is 0. The van der Waals surface area contributed by atoms with Crippen LogP contribution in [0.2, 0.25) is 0 Å². The number of carboxylic acids is 1. The molecular weight excluding hydrogens is 268 g/mol. The molecule has 0 saturated carbocycles. The van der Waals surface area contributed by atoms with Gasteiger partial charge in [0.2, 0.25) is 0 Å². The molecule has 1 aliphatic heterocycles. The van der Waals surface area contributed by atoms with Crippen LogP contribution in [0, 0.1) is 6.92 Å². The Bertz CT molecular complexity index is 740. The number of aromatic nitrogens is 1. The summed E-state index contributed by atoms with van der Waals surface area (Å²) in [5.74, 6) is -1.11. The van der Waals surface area contributed by atoms with E-state index in [9.17, 15) is 9.59 Å². The lowest BCUT2D eigenvalue weighted by atomic mass is 10.1. The first-order valence-electron chi connectivity index (χ1n) is 6.68. The number of fused-ring (bicyclic) bond motifs is 1. The standard InChI is InChI=1S/C16H14N2O3/c1-10-3-2-4-13(17-10)15(19)18-8-7-11-9-12(16(20)21)5-6-14(11)18/h2-6,9H,7-8H2,1H3,(H,20,21). The van der Waals surface area contributed by atoms with Crippen LogP contribution in [0.25, 0.3) is 0 Å². The molecule has 1 aromatic heterocycles. The monoisotopic (exact) mass is 282 g/mol. The third kappa shape index (κ3) is 2.38. The average Bonchev–Trinajstić information content (AvgIpc) is 2.89. The number of carbonyl (C=O) groups is 2. The molecule has 1 amide bonds. The highest BCUT2D eigenvalue weighted by Crippen LogP contribution is 2.30. The number of rotatable bonds is 2. The van der Waals surface area contributed by atoms with Crippen LogP contribution in [0.15, 0.2) is 36.4 Å². The molecule has 0 saturated heterocycles. The molecule has 0 bridgehead atoms. The Labute approximate surface area is 121 Å². The van der Waals surface area contributed by atoms with E-state index >= 15 is 0 Å². The van der Waals surface area contributed by atoms with Crippen LogP contribution in [0.4, 0.5) is 5.69 Å². The van der Waals surface area contributed by atoms with E-state index < -0.39 is 5.97 Å². The van der Waals surface area contributed by atoms with Crippen LogP contribution < -0.4 is 4.90 Å². The van der Waals surface area contributed by atoms with Gasteiger partial charge in [-0.3, -0.25) is 4.79 Å². The Kier molecular flexibility index (Phi) is 3.17. The Hall–Kier alpha value is -2.69. The second-order valence-electron chi connectivity index (χ2n) is 5.02. The maximum absolute atomic E-state index is 12.5. The fourth-order valence-corrected chi connectivity index (χ4v) is 2.55. The third-order valence-corrected chi connectivity index (χ3v) is 3.57. The van der Waals surface area contributed by atoms with Gasteiger partial charge in [0.05, 0.1) is 5.56 Å². The first-order chi connectivity index (χ1) is 10.1. The van der Waals surface area contributed by atoms with Gasteiger partial charge >= 0.3 is 5.97 Å². The summed E-state index contributed by atoms with van der Waals surface area (Å²) in [4.78, 5) is 29.4. The van der Waals surface area contributed by atoms with E-state index in [4.69, 9.17) is 5.11 Å². The second kappa shape index (κ2) is 5.01. The summed E-state index contributed by atoms with van der Waals surface area (Å²) in [6.07, 6.45) is 0.661. The number of aryl methyl sites for hydroxylation is 1. The van der Waals surface area contributed by atoms with Crippen molar-refractivity contribution >= 4 is 17.6 Å². The molecule has 1 aliphatic rings. The Morgan fingerprint density at radius 2 is 2.05 bits per heavy atom. The number of nitrogens with zero attached hydrogens (tertiary/aromatic N) is 2. The number of anilines is 1. The van der Waals surface area contributed by atoms with Crippen molar-refractivity contribution in [2.75, 3.05) is 11.4 Å². The molecule has 5 nitrogen and oxygen atoms in total. The number of aromatic carboxylic acids is 1. The van der Waals surface area contributed by atoms with Gasteiger partial charge in [0.1, 0.15) is 5.69 Å². The van der Waals surface area contributed by atoms with Crippen molar-refractivity contribution in [3.63, 3.8) is 0 Å². The molecule has 1 aromatic carbocycles. The van der Waals surface area contributed by atoms with Crippen LogP contribution in [0.5, 0.6) is 0 Å². The number of carboxylic acid groups (broad SMARTS) is 1. The highest BCUT2D eigenvalue weighted by Gasteiger charge is 2.27. The molecule has 3 rings (SSSR count). The van der Waals surface area contributed by atoms with Gasteiger partial charge < -0.3 is 10.0 Å². The normalized spacial score (nSPS) is 13.1. The molecule has 0 fully saturated rings. The number of hydrogen-bond acceptors (Lipinski definition) is 3. The fraction of sp³-hybridized carbons (Fsp3) is 0.188. The van der Waals surface area contributed by atoms with Gasteiger partial charge in [-0.2, -0.15) is 0 Å². The summed E-state index contributed by atoms with van der Waals surface area (Å²) in [6, 6.07) is 10.2. The number of pyridine rings is 1. The van der Waals surface area contributed by atoms with Crippen molar-refractivity contribution in [1.82, 2.24) is 4.98 Å². The molecule has 106 valence electrons. The van der Waals surface area contributed by atoms with Gasteiger partial charge in [-0.25, -0.2) is 9.78 Å². The van der Waals surface area contributed by atoms with E-state index in [-0.39, 0.29) is 11.5 Å². The summed E-state index contributed by atoms with van der Waals surface area (Å²) in [5, 5.41) is 9.01. The smallest absolute Gasteiger partial charge is 0.335 e. The van der Waals surface area contributed by atoms with Crippen LogP contribution in [-0.2, 0) is 6.42 Å². The predicted octanol–water partition coefficient (Wildman–Crippen LogP) is 2.29. The van der Waals surface area contributed by atoms with E-state index in [1.807, 2.05) is 13.0 Å². The molecule has 0 radical (unpaired) electrons. The Balaban J connectivity index is 1.94. The van der Waals surface area contributed by atoms with Gasteiger partial charge in [0, 0.05) is 17.9 Å². The second-order valence-corrected chi connectivity index (χ2v) is 5.02. The maximum Gasteiger partial charge on any atom is 0.335 e. The van der Waals surface area contributed by atoms with Gasteiger partial charge in [-0.05, 0) is 49.2 Å². The summed E-state index contributed by atoms with van der Waals surface area (Å²) in [5.41, 5.74) is 3.10. The number of carbonyl (C=O) groups excluding carboxylic acids is 1. The summed E-state index contributed by atoms with van der Waals surface area (Å²) >= 11 is 0. The highest BCUT2D eigenvalue weighted by atomic mass is 16.4. The van der Waals surface area contributed by atoms with Gasteiger partial charge in [0.25, 0.3) is 5.91 Å². The van der Waals surface area contributed by atoms with Crippen molar-refractivity contribution in [1.29, 1.82) is 0 Å². The van der Waals surface area contributed by atoms with E-state index in [1.165, 1.54) is 6.07 Å². The quantitative estimate of drug-likeness (QED) is 0.917. The largest absolute Gasteiger partial charge is 0.478 e. The van der Waals surface area contributed by atoms with Crippen molar-refractivity contribution in [2.24, 2.45) is 0 Å². The lowest BCUT2D eigenvalue weighted by Gasteiger charge is -2.17. The minimum Gasteiger partial charge on any atom is -0.478 e. The molecule has 0 atom stereocenters. The Morgan fingerprint density at radius 1 is 1.24 bits per heavy atom. The van der Waals surface area contributed by atoms with E-state index in [0.29, 0.717) is 18.7 Å². The van der Waals surface area contributed by atoms with Crippen LogP contribution >= 0.6 is 0 Å². The van der Waals surface area contributed by atoms with E-state index in [1.54, 1.807) is 29.2 Å². The van der Waals surface area contributed by atoms with Gasteiger partial charge in [-0.1, -0.05) is 6.07 Å². The van der Waals surface area contributed by atoms with Crippen LogP contribution in [-0.4, -0.2) is 28.5 Å². The maximum atomic E-state index is 12.5. The van der Waals surface area contributed by atoms with Gasteiger partial charge in [-0.15, -0.1) is 0 Å². The van der Waals surface area contributed by atoms with Crippen LogP contribution in [0.3, 0.4) is 0 Å². The highest BCUT2D eigenvalue weighted by molar-refractivity contribution is 6.06. The molecule has 2 heterocycles. The lowest BCUT2D eigenvalue weighted by molar-refractivity contribution is 0.0696. The third-order valence-electron chi connectivity index (χ3n) is 3.57. The minimum absolute atomic E-state index is 0.152. The SMILES string of the molecule is Cc1cccc(C(=O)N2CCc3cc(C(=O)O)ccc32)n1. The zero-order valence-electron chi connectivity index (χ0n) is 11.5. The van der Waals surface area contributed by atoms with E-state index in [2.05, 4.69) is 4.98 Å².